The number of carbonyl (C=O) groups is 1. The van der Waals surface area contributed by atoms with Gasteiger partial charge in [-0.25, -0.2) is 4.79 Å². The first-order valence-electron chi connectivity index (χ1n) is 7.18. The van der Waals surface area contributed by atoms with Crippen LogP contribution in [-0.2, 0) is 6.54 Å². The summed E-state index contributed by atoms with van der Waals surface area (Å²) in [4.78, 5) is 14.8. The zero-order chi connectivity index (χ0) is 14.7. The zero-order valence-corrected chi connectivity index (χ0v) is 12.5. The highest BCUT2D eigenvalue weighted by Crippen LogP contribution is 2.23. The van der Waals surface area contributed by atoms with Crippen molar-refractivity contribution >= 4 is 6.09 Å². The number of rotatable bonds is 5. The van der Waals surface area contributed by atoms with Crippen molar-refractivity contribution in [3.8, 4) is 0 Å². The number of hydrogen-bond acceptors (Lipinski definition) is 3. The standard InChI is InChI=1S/C14H24N4O2/c1-4-13(17(3)14(19)20)12-7-15-18(10-12)9-11-5-6-16(2)8-11/h7,10-11,13H,4-6,8-9H2,1-3H3,(H,19,20). The maximum Gasteiger partial charge on any atom is 0.407 e. The molecular formula is C14H24N4O2. The third kappa shape index (κ3) is 3.30. The first-order valence-corrected chi connectivity index (χ1v) is 7.18. The third-order valence-corrected chi connectivity index (χ3v) is 4.13. The van der Waals surface area contributed by atoms with Gasteiger partial charge in [0.1, 0.15) is 0 Å². The number of amides is 1. The summed E-state index contributed by atoms with van der Waals surface area (Å²) in [6.07, 6.45) is 4.85. The van der Waals surface area contributed by atoms with E-state index < -0.39 is 6.09 Å². The largest absolute Gasteiger partial charge is 0.465 e. The van der Waals surface area contributed by atoms with Gasteiger partial charge in [0.15, 0.2) is 0 Å². The summed E-state index contributed by atoms with van der Waals surface area (Å²) in [7, 11) is 3.75. The fourth-order valence-electron chi connectivity index (χ4n) is 2.96. The molecule has 1 amide bonds. The second-order valence-corrected chi connectivity index (χ2v) is 5.73. The van der Waals surface area contributed by atoms with Crippen molar-refractivity contribution < 1.29 is 9.90 Å². The van der Waals surface area contributed by atoms with E-state index in [2.05, 4.69) is 17.0 Å². The predicted octanol–water partition coefficient (Wildman–Crippen LogP) is 1.90. The molecule has 0 bridgehead atoms. The molecule has 0 aromatic carbocycles. The molecule has 6 nitrogen and oxygen atoms in total. The fourth-order valence-corrected chi connectivity index (χ4v) is 2.96. The average Bonchev–Trinajstić information content (AvgIpc) is 3.00. The first-order chi connectivity index (χ1) is 9.51. The van der Waals surface area contributed by atoms with Gasteiger partial charge in [-0.3, -0.25) is 4.68 Å². The second-order valence-electron chi connectivity index (χ2n) is 5.73. The third-order valence-electron chi connectivity index (χ3n) is 4.13. The van der Waals surface area contributed by atoms with Crippen molar-refractivity contribution in [2.45, 2.75) is 32.4 Å². The summed E-state index contributed by atoms with van der Waals surface area (Å²) in [5.74, 6) is 0.644. The second kappa shape index (κ2) is 6.26. The van der Waals surface area contributed by atoms with Gasteiger partial charge in [-0.1, -0.05) is 6.92 Å². The Morgan fingerprint density at radius 1 is 1.65 bits per heavy atom. The van der Waals surface area contributed by atoms with Crippen LogP contribution in [0, 0.1) is 5.92 Å². The van der Waals surface area contributed by atoms with E-state index in [0.717, 1.165) is 31.6 Å². The lowest BCUT2D eigenvalue weighted by molar-refractivity contribution is 0.137. The minimum absolute atomic E-state index is 0.118. The highest BCUT2D eigenvalue weighted by atomic mass is 16.4. The Bertz CT molecular complexity index is 460. The molecule has 1 saturated heterocycles. The summed E-state index contributed by atoms with van der Waals surface area (Å²) in [5.41, 5.74) is 0.976. The van der Waals surface area contributed by atoms with Crippen LogP contribution in [0.15, 0.2) is 12.4 Å². The van der Waals surface area contributed by atoms with Crippen LogP contribution in [0.4, 0.5) is 4.79 Å². The monoisotopic (exact) mass is 280 g/mol. The van der Waals surface area contributed by atoms with Crippen molar-refractivity contribution in [2.75, 3.05) is 27.2 Å². The molecular weight excluding hydrogens is 256 g/mol. The van der Waals surface area contributed by atoms with E-state index >= 15 is 0 Å². The number of hydrogen-bond donors (Lipinski definition) is 1. The van der Waals surface area contributed by atoms with E-state index in [9.17, 15) is 4.79 Å². The minimum atomic E-state index is -0.901. The molecule has 1 aromatic rings. The van der Waals surface area contributed by atoms with Crippen LogP contribution < -0.4 is 0 Å². The summed E-state index contributed by atoms with van der Waals surface area (Å²) in [6.45, 7) is 5.17. The number of carboxylic acid groups (broad SMARTS) is 1. The molecule has 112 valence electrons. The first kappa shape index (κ1) is 14.8. The van der Waals surface area contributed by atoms with Crippen LogP contribution >= 0.6 is 0 Å². The zero-order valence-electron chi connectivity index (χ0n) is 12.5. The van der Waals surface area contributed by atoms with Crippen LogP contribution in [0.5, 0.6) is 0 Å². The fraction of sp³-hybridized carbons (Fsp3) is 0.714. The van der Waals surface area contributed by atoms with E-state index in [1.807, 2.05) is 17.8 Å². The van der Waals surface area contributed by atoms with Gasteiger partial charge in [0, 0.05) is 31.9 Å². The van der Waals surface area contributed by atoms with E-state index in [4.69, 9.17) is 5.11 Å². The normalized spacial score (nSPS) is 21.1. The molecule has 1 aromatic heterocycles. The van der Waals surface area contributed by atoms with Gasteiger partial charge in [-0.05, 0) is 32.4 Å². The predicted molar refractivity (Wildman–Crippen MR) is 76.7 cm³/mol. The van der Waals surface area contributed by atoms with E-state index in [0.29, 0.717) is 5.92 Å². The SMILES string of the molecule is CCC(c1cnn(CC2CCN(C)C2)c1)N(C)C(=O)O. The summed E-state index contributed by atoms with van der Waals surface area (Å²) < 4.78 is 1.96. The lowest BCUT2D eigenvalue weighted by atomic mass is 10.1. The van der Waals surface area contributed by atoms with Crippen molar-refractivity contribution in [3.63, 3.8) is 0 Å². The highest BCUT2D eigenvalue weighted by Gasteiger charge is 2.23. The minimum Gasteiger partial charge on any atom is -0.465 e. The van der Waals surface area contributed by atoms with Gasteiger partial charge in [-0.15, -0.1) is 0 Å². The molecule has 1 fully saturated rings. The van der Waals surface area contributed by atoms with Gasteiger partial charge < -0.3 is 14.9 Å². The van der Waals surface area contributed by atoms with Crippen LogP contribution in [0.25, 0.3) is 0 Å². The molecule has 2 unspecified atom stereocenters. The maximum atomic E-state index is 11.1. The lowest BCUT2D eigenvalue weighted by Gasteiger charge is -2.23. The van der Waals surface area contributed by atoms with Gasteiger partial charge in [0.2, 0.25) is 0 Å². The maximum absolute atomic E-state index is 11.1. The Labute approximate surface area is 120 Å². The van der Waals surface area contributed by atoms with Crippen LogP contribution in [0.1, 0.15) is 31.4 Å². The molecule has 0 radical (unpaired) electrons. The van der Waals surface area contributed by atoms with E-state index in [1.54, 1.807) is 13.2 Å². The molecule has 6 heteroatoms. The van der Waals surface area contributed by atoms with Gasteiger partial charge >= 0.3 is 6.09 Å². The van der Waals surface area contributed by atoms with Gasteiger partial charge in [0.05, 0.1) is 12.2 Å². The van der Waals surface area contributed by atoms with Crippen molar-refractivity contribution in [3.05, 3.63) is 18.0 Å². The van der Waals surface area contributed by atoms with Crippen LogP contribution in [-0.4, -0.2) is 58.0 Å². The lowest BCUT2D eigenvalue weighted by Crippen LogP contribution is -2.29. The van der Waals surface area contributed by atoms with Gasteiger partial charge in [-0.2, -0.15) is 5.10 Å². The quantitative estimate of drug-likeness (QED) is 0.895. The Morgan fingerprint density at radius 2 is 2.40 bits per heavy atom. The molecule has 0 saturated carbocycles. The topological polar surface area (TPSA) is 61.6 Å². The number of aromatic nitrogens is 2. The molecule has 2 rings (SSSR count). The van der Waals surface area contributed by atoms with Crippen molar-refractivity contribution in [2.24, 2.45) is 5.92 Å². The van der Waals surface area contributed by atoms with E-state index in [-0.39, 0.29) is 6.04 Å². The molecule has 2 atom stereocenters. The smallest absolute Gasteiger partial charge is 0.407 e. The number of nitrogens with zero attached hydrogens (tertiary/aromatic N) is 4. The molecule has 1 aliphatic rings. The van der Waals surface area contributed by atoms with E-state index in [1.165, 1.54) is 11.3 Å². The Hall–Kier alpha value is -1.56. The molecule has 1 N–H and O–H groups in total. The molecule has 0 aliphatic carbocycles. The average molecular weight is 280 g/mol. The summed E-state index contributed by atoms with van der Waals surface area (Å²) >= 11 is 0. The molecule has 2 heterocycles. The molecule has 0 spiro atoms. The molecule has 20 heavy (non-hydrogen) atoms. The van der Waals surface area contributed by atoms with Crippen molar-refractivity contribution in [1.82, 2.24) is 19.6 Å². The summed E-state index contributed by atoms with van der Waals surface area (Å²) in [6, 6.07) is -0.118. The Kier molecular flexibility index (Phi) is 4.65. The van der Waals surface area contributed by atoms with Crippen LogP contribution in [0.3, 0.4) is 0 Å². The molecule has 1 aliphatic heterocycles. The van der Waals surface area contributed by atoms with Crippen LogP contribution in [0.2, 0.25) is 0 Å². The Balaban J connectivity index is 2.02. The summed E-state index contributed by atoms with van der Waals surface area (Å²) in [5, 5.41) is 13.5. The Morgan fingerprint density at radius 3 is 2.95 bits per heavy atom. The highest BCUT2D eigenvalue weighted by molar-refractivity contribution is 5.65. The number of likely N-dealkylation sites (tertiary alicyclic amines) is 1. The van der Waals surface area contributed by atoms with Gasteiger partial charge in [0.25, 0.3) is 0 Å². The van der Waals surface area contributed by atoms with Crippen molar-refractivity contribution in [1.29, 1.82) is 0 Å².